The summed E-state index contributed by atoms with van der Waals surface area (Å²) in [7, 11) is 1.84. The Hall–Kier alpha value is -1.92. The van der Waals surface area contributed by atoms with Crippen LogP contribution in [0.25, 0.3) is 0 Å². The fourth-order valence-electron chi connectivity index (χ4n) is 2.30. The van der Waals surface area contributed by atoms with E-state index in [0.29, 0.717) is 29.9 Å². The second kappa shape index (κ2) is 7.19. The molecular formula is C14H25N5O2. The first kappa shape index (κ1) is 17.1. The van der Waals surface area contributed by atoms with Gasteiger partial charge in [0, 0.05) is 19.6 Å². The Bertz CT molecular complexity index is 504. The van der Waals surface area contributed by atoms with E-state index in [1.165, 1.54) is 0 Å². The van der Waals surface area contributed by atoms with Gasteiger partial charge in [-0.3, -0.25) is 10.1 Å². The zero-order valence-corrected chi connectivity index (χ0v) is 13.7. The molecule has 1 unspecified atom stereocenters. The van der Waals surface area contributed by atoms with Gasteiger partial charge >= 0.3 is 5.69 Å². The molecule has 1 rings (SSSR count). The van der Waals surface area contributed by atoms with E-state index >= 15 is 0 Å². The zero-order valence-electron chi connectivity index (χ0n) is 13.7. The number of nitrogens with one attached hydrogen (secondary N) is 1. The highest BCUT2D eigenvalue weighted by Gasteiger charge is 2.27. The Morgan fingerprint density at radius 3 is 2.43 bits per heavy atom. The van der Waals surface area contributed by atoms with Crippen molar-refractivity contribution in [2.75, 3.05) is 23.8 Å². The largest absolute Gasteiger partial charge is 0.354 e. The maximum absolute atomic E-state index is 11.3. The van der Waals surface area contributed by atoms with E-state index in [9.17, 15) is 10.1 Å². The van der Waals surface area contributed by atoms with Gasteiger partial charge in [0.05, 0.1) is 4.92 Å². The van der Waals surface area contributed by atoms with E-state index in [1.807, 2.05) is 25.8 Å². The Morgan fingerprint density at radius 1 is 1.33 bits per heavy atom. The van der Waals surface area contributed by atoms with Crippen molar-refractivity contribution in [1.29, 1.82) is 0 Å². The standard InChI is InChI=1S/C14H25N5O2/c1-7-15-14-16-11(5)12(19(20)21)13(17-14)18(6)10(4)8-9(2)3/h9-10H,7-8H2,1-6H3,(H,15,16,17). The molecule has 0 spiro atoms. The lowest BCUT2D eigenvalue weighted by Gasteiger charge is -2.27. The van der Waals surface area contributed by atoms with Crippen molar-refractivity contribution in [3.63, 3.8) is 0 Å². The molecule has 0 aliphatic rings. The molecule has 0 saturated carbocycles. The molecule has 0 saturated heterocycles. The third-order valence-corrected chi connectivity index (χ3v) is 3.37. The van der Waals surface area contributed by atoms with Gasteiger partial charge in [0.2, 0.25) is 11.8 Å². The summed E-state index contributed by atoms with van der Waals surface area (Å²) in [5, 5.41) is 14.4. The maximum atomic E-state index is 11.3. The third kappa shape index (κ3) is 4.27. The quantitative estimate of drug-likeness (QED) is 0.615. The lowest BCUT2D eigenvalue weighted by Crippen LogP contribution is -2.32. The molecule has 118 valence electrons. The van der Waals surface area contributed by atoms with Crippen LogP contribution in [0.5, 0.6) is 0 Å². The number of hydrogen-bond acceptors (Lipinski definition) is 6. The summed E-state index contributed by atoms with van der Waals surface area (Å²) in [5.41, 5.74) is 0.360. The van der Waals surface area contributed by atoms with Crippen LogP contribution in [0.3, 0.4) is 0 Å². The molecule has 0 amide bonds. The van der Waals surface area contributed by atoms with Gasteiger partial charge in [0.25, 0.3) is 0 Å². The van der Waals surface area contributed by atoms with Gasteiger partial charge in [-0.05, 0) is 33.1 Å². The van der Waals surface area contributed by atoms with Crippen molar-refractivity contribution in [2.45, 2.75) is 47.1 Å². The Kier molecular flexibility index (Phi) is 5.87. The maximum Gasteiger partial charge on any atom is 0.332 e. The average molecular weight is 295 g/mol. The van der Waals surface area contributed by atoms with E-state index in [0.717, 1.165) is 6.42 Å². The number of nitrogens with zero attached hydrogens (tertiary/aromatic N) is 4. The average Bonchev–Trinajstić information content (AvgIpc) is 2.36. The number of aryl methyl sites for hydroxylation is 1. The Morgan fingerprint density at radius 2 is 1.95 bits per heavy atom. The fraction of sp³-hybridized carbons (Fsp3) is 0.714. The SMILES string of the molecule is CCNc1nc(C)c([N+](=O)[O-])c(N(C)C(C)CC(C)C)n1. The van der Waals surface area contributed by atoms with Crippen molar-refractivity contribution in [1.82, 2.24) is 9.97 Å². The Labute approximate surface area is 125 Å². The smallest absolute Gasteiger partial charge is 0.332 e. The van der Waals surface area contributed by atoms with Gasteiger partial charge in [-0.2, -0.15) is 4.98 Å². The van der Waals surface area contributed by atoms with Gasteiger partial charge < -0.3 is 10.2 Å². The first-order chi connectivity index (χ1) is 9.77. The van der Waals surface area contributed by atoms with Crippen molar-refractivity contribution >= 4 is 17.5 Å². The second-order valence-corrected chi connectivity index (χ2v) is 5.68. The van der Waals surface area contributed by atoms with E-state index in [4.69, 9.17) is 0 Å². The summed E-state index contributed by atoms with van der Waals surface area (Å²) in [6.45, 7) is 10.6. The van der Waals surface area contributed by atoms with E-state index < -0.39 is 4.92 Å². The van der Waals surface area contributed by atoms with Gasteiger partial charge in [-0.25, -0.2) is 4.98 Å². The van der Waals surface area contributed by atoms with Crippen LogP contribution < -0.4 is 10.2 Å². The molecule has 0 bridgehead atoms. The van der Waals surface area contributed by atoms with E-state index in [1.54, 1.807) is 6.92 Å². The van der Waals surface area contributed by atoms with Crippen molar-refractivity contribution < 1.29 is 4.92 Å². The Balaban J connectivity index is 3.26. The number of aromatic nitrogens is 2. The van der Waals surface area contributed by atoms with E-state index in [-0.39, 0.29) is 11.7 Å². The van der Waals surface area contributed by atoms with Crippen LogP contribution in [0.1, 0.15) is 39.8 Å². The normalized spacial score (nSPS) is 12.3. The molecule has 1 aromatic rings. The molecule has 1 atom stereocenters. The summed E-state index contributed by atoms with van der Waals surface area (Å²) in [6.07, 6.45) is 0.938. The molecule has 1 aromatic heterocycles. The molecular weight excluding hydrogens is 270 g/mol. The van der Waals surface area contributed by atoms with Gasteiger partial charge in [0.1, 0.15) is 5.69 Å². The topological polar surface area (TPSA) is 84.2 Å². The molecule has 0 aromatic carbocycles. The summed E-state index contributed by atoms with van der Waals surface area (Å²) in [6, 6.07) is 0.160. The first-order valence-electron chi connectivity index (χ1n) is 7.27. The lowest BCUT2D eigenvalue weighted by atomic mass is 10.0. The predicted octanol–water partition coefficient (Wildman–Crippen LogP) is 3.00. The first-order valence-corrected chi connectivity index (χ1v) is 7.27. The summed E-state index contributed by atoms with van der Waals surface area (Å²) in [5.74, 6) is 1.31. The van der Waals surface area contributed by atoms with Crippen LogP contribution in [0, 0.1) is 23.0 Å². The molecule has 21 heavy (non-hydrogen) atoms. The lowest BCUT2D eigenvalue weighted by molar-refractivity contribution is -0.385. The molecule has 1 N–H and O–H groups in total. The minimum Gasteiger partial charge on any atom is -0.354 e. The molecule has 1 heterocycles. The molecule has 7 nitrogen and oxygen atoms in total. The van der Waals surface area contributed by atoms with Crippen LogP contribution >= 0.6 is 0 Å². The van der Waals surface area contributed by atoms with E-state index in [2.05, 4.69) is 29.1 Å². The highest BCUT2D eigenvalue weighted by atomic mass is 16.6. The minimum atomic E-state index is -0.404. The number of nitro groups is 1. The van der Waals surface area contributed by atoms with Crippen LogP contribution in [0.4, 0.5) is 17.5 Å². The molecule has 0 aliphatic heterocycles. The molecule has 7 heteroatoms. The highest BCUT2D eigenvalue weighted by Crippen LogP contribution is 2.31. The monoisotopic (exact) mass is 295 g/mol. The zero-order chi connectivity index (χ0) is 16.2. The van der Waals surface area contributed by atoms with Crippen LogP contribution in [-0.2, 0) is 0 Å². The number of hydrogen-bond donors (Lipinski definition) is 1. The predicted molar refractivity (Wildman–Crippen MR) is 84.9 cm³/mol. The fourth-order valence-corrected chi connectivity index (χ4v) is 2.30. The van der Waals surface area contributed by atoms with Crippen molar-refractivity contribution in [3.05, 3.63) is 15.8 Å². The minimum absolute atomic E-state index is 0.0187. The summed E-state index contributed by atoms with van der Waals surface area (Å²) < 4.78 is 0. The van der Waals surface area contributed by atoms with Crippen LogP contribution in [0.15, 0.2) is 0 Å². The molecule has 0 radical (unpaired) electrons. The van der Waals surface area contributed by atoms with Gasteiger partial charge in [-0.15, -0.1) is 0 Å². The second-order valence-electron chi connectivity index (χ2n) is 5.68. The molecule has 0 fully saturated rings. The van der Waals surface area contributed by atoms with Crippen molar-refractivity contribution in [3.8, 4) is 0 Å². The van der Waals surface area contributed by atoms with Crippen molar-refractivity contribution in [2.24, 2.45) is 5.92 Å². The van der Waals surface area contributed by atoms with Gasteiger partial charge in [-0.1, -0.05) is 13.8 Å². The number of anilines is 2. The summed E-state index contributed by atoms with van der Waals surface area (Å²) >= 11 is 0. The highest BCUT2D eigenvalue weighted by molar-refractivity contribution is 5.62. The molecule has 0 aliphatic carbocycles. The third-order valence-electron chi connectivity index (χ3n) is 3.37. The van der Waals surface area contributed by atoms with Crippen LogP contribution in [0.2, 0.25) is 0 Å². The van der Waals surface area contributed by atoms with Gasteiger partial charge in [0.15, 0.2) is 0 Å². The van der Waals surface area contributed by atoms with Crippen LogP contribution in [-0.4, -0.2) is 34.5 Å². The summed E-state index contributed by atoms with van der Waals surface area (Å²) in [4.78, 5) is 21.3. The number of rotatable bonds is 7.